The van der Waals surface area contributed by atoms with E-state index in [1.54, 1.807) is 0 Å². The van der Waals surface area contributed by atoms with Crippen molar-refractivity contribution in [3.63, 3.8) is 0 Å². The van der Waals surface area contributed by atoms with Gasteiger partial charge in [0.1, 0.15) is 0 Å². The summed E-state index contributed by atoms with van der Waals surface area (Å²) in [7, 11) is 0. The van der Waals surface area contributed by atoms with Gasteiger partial charge in [-0.15, -0.1) is 0 Å². The maximum Gasteiger partial charge on any atom is 0.328 e. The Balaban J connectivity index is 2.45. The van der Waals surface area contributed by atoms with Gasteiger partial charge in [0.05, 0.1) is 37.5 Å². The maximum absolute atomic E-state index is 11.9. The summed E-state index contributed by atoms with van der Waals surface area (Å²) in [4.78, 5) is 27.3. The number of hydrogen-bond donors (Lipinski definition) is 3. The number of H-pyrrole nitrogens is 1. The fourth-order valence-corrected chi connectivity index (χ4v) is 2.65. The first-order valence-corrected chi connectivity index (χ1v) is 6.99. The van der Waals surface area contributed by atoms with Crippen LogP contribution in [0.5, 0.6) is 0 Å². The fraction of sp³-hybridized carbons (Fsp3) is 0.500. The van der Waals surface area contributed by atoms with E-state index in [9.17, 15) is 19.8 Å². The summed E-state index contributed by atoms with van der Waals surface area (Å²) in [5.74, 6) is -0.399. The van der Waals surface area contributed by atoms with E-state index in [1.165, 1.54) is 21.8 Å². The molecule has 0 amide bonds. The van der Waals surface area contributed by atoms with Crippen molar-refractivity contribution in [1.82, 2.24) is 9.55 Å². The zero-order valence-corrected chi connectivity index (χ0v) is 12.1. The molecule has 1 aliphatic rings. The zero-order valence-electron chi connectivity index (χ0n) is 10.5. The van der Waals surface area contributed by atoms with Crippen molar-refractivity contribution in [3.05, 3.63) is 37.6 Å². The van der Waals surface area contributed by atoms with E-state index in [4.69, 9.17) is 4.74 Å². The molecule has 1 aromatic rings. The minimum absolute atomic E-state index is 0.194. The van der Waals surface area contributed by atoms with E-state index < -0.39 is 29.3 Å². The van der Waals surface area contributed by atoms with Gasteiger partial charge >= 0.3 is 5.69 Å². The lowest BCUT2D eigenvalue weighted by atomic mass is 9.98. The number of ether oxygens (including phenoxy) is 1. The third-order valence-electron chi connectivity index (χ3n) is 3.44. The van der Waals surface area contributed by atoms with Crippen molar-refractivity contribution >= 4 is 22.0 Å². The Morgan fingerprint density at radius 1 is 1.45 bits per heavy atom. The van der Waals surface area contributed by atoms with Crippen molar-refractivity contribution in [2.45, 2.75) is 12.1 Å². The van der Waals surface area contributed by atoms with Crippen molar-refractivity contribution in [3.8, 4) is 0 Å². The van der Waals surface area contributed by atoms with Crippen LogP contribution in [0.15, 0.2) is 20.8 Å². The van der Waals surface area contributed by atoms with E-state index in [0.717, 1.165) is 0 Å². The Kier molecular flexibility index (Phi) is 4.92. The van der Waals surface area contributed by atoms with Crippen LogP contribution in [0.2, 0.25) is 0 Å². The highest BCUT2D eigenvalue weighted by atomic mass is 79.9. The molecule has 3 N–H and O–H groups in total. The second-order valence-corrected chi connectivity index (χ2v) is 5.04. The highest BCUT2D eigenvalue weighted by Crippen LogP contribution is 2.29. The molecule has 20 heavy (non-hydrogen) atoms. The molecular weight excluding hydrogens is 332 g/mol. The predicted octanol–water partition coefficient (Wildman–Crippen LogP) is -0.557. The van der Waals surface area contributed by atoms with Crippen LogP contribution in [0, 0.1) is 5.92 Å². The van der Waals surface area contributed by atoms with Gasteiger partial charge in [-0.05, 0) is 11.1 Å². The van der Waals surface area contributed by atoms with Crippen LogP contribution in [-0.4, -0.2) is 45.7 Å². The molecule has 1 aliphatic heterocycles. The zero-order chi connectivity index (χ0) is 14.7. The van der Waals surface area contributed by atoms with Gasteiger partial charge in [-0.2, -0.15) is 0 Å². The van der Waals surface area contributed by atoms with Gasteiger partial charge in [-0.25, -0.2) is 4.79 Å². The number of aliphatic hydroxyl groups excluding tert-OH is 2. The smallest absolute Gasteiger partial charge is 0.328 e. The molecule has 2 rings (SSSR count). The van der Waals surface area contributed by atoms with E-state index in [2.05, 4.69) is 20.9 Å². The number of nitrogens with zero attached hydrogens (tertiary/aromatic N) is 1. The first-order valence-electron chi connectivity index (χ1n) is 6.08. The van der Waals surface area contributed by atoms with Crippen molar-refractivity contribution < 1.29 is 14.9 Å². The van der Waals surface area contributed by atoms with Gasteiger partial charge < -0.3 is 14.9 Å². The molecule has 7 nitrogen and oxygen atoms in total. The summed E-state index contributed by atoms with van der Waals surface area (Å²) in [6.07, 6.45) is 2.43. The van der Waals surface area contributed by atoms with Crippen LogP contribution in [0.3, 0.4) is 0 Å². The summed E-state index contributed by atoms with van der Waals surface area (Å²) < 4.78 is 6.70. The molecule has 0 aromatic carbocycles. The molecule has 2 heterocycles. The molecule has 110 valence electrons. The number of aliphatic hydroxyl groups is 2. The lowest BCUT2D eigenvalue weighted by molar-refractivity contribution is 0.0268. The van der Waals surface area contributed by atoms with Crippen LogP contribution in [0.1, 0.15) is 11.6 Å². The van der Waals surface area contributed by atoms with Crippen LogP contribution < -0.4 is 11.2 Å². The summed E-state index contributed by atoms with van der Waals surface area (Å²) >= 11 is 3.07. The van der Waals surface area contributed by atoms with Crippen LogP contribution >= 0.6 is 15.9 Å². The number of rotatable bonds is 4. The fourth-order valence-electron chi connectivity index (χ4n) is 2.36. The normalized spacial score (nSPS) is 26.4. The van der Waals surface area contributed by atoms with Gasteiger partial charge in [-0.3, -0.25) is 14.3 Å². The van der Waals surface area contributed by atoms with Crippen molar-refractivity contribution in [2.24, 2.45) is 5.92 Å². The van der Waals surface area contributed by atoms with Gasteiger partial charge in [0, 0.05) is 12.1 Å². The van der Waals surface area contributed by atoms with E-state index in [0.29, 0.717) is 5.56 Å². The van der Waals surface area contributed by atoms with E-state index >= 15 is 0 Å². The number of aromatic nitrogens is 2. The van der Waals surface area contributed by atoms with Gasteiger partial charge in [0.25, 0.3) is 5.56 Å². The van der Waals surface area contributed by atoms with Crippen molar-refractivity contribution in [1.29, 1.82) is 0 Å². The molecule has 0 saturated carbocycles. The third-order valence-corrected chi connectivity index (χ3v) is 3.70. The summed E-state index contributed by atoms with van der Waals surface area (Å²) in [5.41, 5.74) is -0.738. The molecular formula is C12H15BrN2O5. The first kappa shape index (κ1) is 15.2. The molecule has 8 heteroatoms. The quantitative estimate of drug-likeness (QED) is 0.678. The number of hydrogen-bond acceptors (Lipinski definition) is 5. The Morgan fingerprint density at radius 2 is 2.20 bits per heavy atom. The Bertz CT molecular complexity index is 609. The van der Waals surface area contributed by atoms with Gasteiger partial charge in [-0.1, -0.05) is 15.9 Å². The standard InChI is InChI=1S/C12H15BrN2O5/c13-2-1-7-3-15(12(19)14-11(7)18)9-6-20-10(5-17)8(9)4-16/h1-3,8-10,16-17H,4-6H2,(H,14,18,19)/b2-1+/t8-,9+,10+/m1/s1. The average molecular weight is 347 g/mol. The topological polar surface area (TPSA) is 105 Å². The van der Waals surface area contributed by atoms with Crippen LogP contribution in [-0.2, 0) is 4.74 Å². The third kappa shape index (κ3) is 2.78. The molecule has 0 bridgehead atoms. The molecule has 1 aromatic heterocycles. The SMILES string of the molecule is O=c1[nH]c(=O)n([C@H]2CO[C@@H](CO)[C@@H]2CO)cc1/C=C/Br. The monoisotopic (exact) mass is 346 g/mol. The average Bonchev–Trinajstić information content (AvgIpc) is 2.84. The second-order valence-electron chi connectivity index (χ2n) is 4.51. The minimum atomic E-state index is -0.563. The largest absolute Gasteiger partial charge is 0.396 e. The van der Waals surface area contributed by atoms with E-state index in [-0.39, 0.29) is 19.8 Å². The Hall–Kier alpha value is -1.22. The maximum atomic E-state index is 11.9. The molecule has 1 saturated heterocycles. The van der Waals surface area contributed by atoms with Crippen LogP contribution in [0.25, 0.3) is 6.08 Å². The van der Waals surface area contributed by atoms with Crippen LogP contribution in [0.4, 0.5) is 0 Å². The highest BCUT2D eigenvalue weighted by Gasteiger charge is 2.38. The molecule has 0 radical (unpaired) electrons. The highest BCUT2D eigenvalue weighted by molar-refractivity contribution is 9.11. The van der Waals surface area contributed by atoms with Crippen molar-refractivity contribution in [2.75, 3.05) is 19.8 Å². The first-order chi connectivity index (χ1) is 9.62. The predicted molar refractivity (Wildman–Crippen MR) is 75.7 cm³/mol. The minimum Gasteiger partial charge on any atom is -0.396 e. The van der Waals surface area contributed by atoms with Gasteiger partial charge in [0.2, 0.25) is 0 Å². The summed E-state index contributed by atoms with van der Waals surface area (Å²) in [5, 5.41) is 18.6. The Morgan fingerprint density at radius 3 is 2.80 bits per heavy atom. The lowest BCUT2D eigenvalue weighted by Crippen LogP contribution is -2.37. The second kappa shape index (κ2) is 6.49. The molecule has 0 unspecified atom stereocenters. The molecule has 3 atom stereocenters. The number of aromatic amines is 1. The molecule has 0 spiro atoms. The lowest BCUT2D eigenvalue weighted by Gasteiger charge is -2.21. The van der Waals surface area contributed by atoms with E-state index in [1.807, 2.05) is 0 Å². The summed E-state index contributed by atoms with van der Waals surface area (Å²) in [6, 6.07) is -0.427. The number of halogens is 1. The number of nitrogens with one attached hydrogen (secondary N) is 1. The molecule has 1 fully saturated rings. The van der Waals surface area contributed by atoms with Gasteiger partial charge in [0.15, 0.2) is 0 Å². The Labute approximate surface area is 122 Å². The summed E-state index contributed by atoms with van der Waals surface area (Å²) in [6.45, 7) is -0.251. The molecule has 0 aliphatic carbocycles.